The first-order valence-corrected chi connectivity index (χ1v) is 8.31. The van der Waals surface area contributed by atoms with Gasteiger partial charge in [0.25, 0.3) is 5.91 Å². The SMILES string of the molecule is O=C(NC1CC2CNC1C2)c1ncc(-c2ccccc2O)s1. The molecule has 5 nitrogen and oxygen atoms in total. The van der Waals surface area contributed by atoms with Crippen LogP contribution in [0.4, 0.5) is 0 Å². The number of hydrogen-bond donors (Lipinski definition) is 3. The van der Waals surface area contributed by atoms with Crippen LogP contribution in [0.25, 0.3) is 10.4 Å². The standard InChI is InChI=1S/C16H17N3O2S/c20-13-4-2-1-3-10(13)14-8-18-16(22-14)15(21)19-12-6-9-5-11(12)17-7-9/h1-4,8-9,11-12,17,20H,5-7H2,(H,19,21). The number of thiazole rings is 1. The maximum atomic E-state index is 12.4. The maximum Gasteiger partial charge on any atom is 0.280 e. The normalized spacial score (nSPS) is 26.3. The third-order valence-electron chi connectivity index (χ3n) is 4.51. The van der Waals surface area contributed by atoms with Crippen molar-refractivity contribution in [1.29, 1.82) is 0 Å². The second-order valence-electron chi connectivity index (χ2n) is 5.98. The summed E-state index contributed by atoms with van der Waals surface area (Å²) in [7, 11) is 0. The highest BCUT2D eigenvalue weighted by Crippen LogP contribution is 2.34. The Bertz CT molecular complexity index is 715. The highest BCUT2D eigenvalue weighted by atomic mass is 32.1. The number of fused-ring (bicyclic) bond motifs is 2. The molecule has 0 spiro atoms. The van der Waals surface area contributed by atoms with Gasteiger partial charge in [-0.3, -0.25) is 4.79 Å². The molecule has 1 aromatic heterocycles. The van der Waals surface area contributed by atoms with Crippen molar-refractivity contribution in [3.63, 3.8) is 0 Å². The van der Waals surface area contributed by atoms with E-state index in [1.54, 1.807) is 18.3 Å². The average Bonchev–Trinajstić information content (AvgIpc) is 3.24. The number of hydrogen-bond acceptors (Lipinski definition) is 5. The number of benzene rings is 1. The van der Waals surface area contributed by atoms with Gasteiger partial charge >= 0.3 is 0 Å². The number of carbonyl (C=O) groups excluding carboxylic acids is 1. The molecule has 3 unspecified atom stereocenters. The lowest BCUT2D eigenvalue weighted by Gasteiger charge is -2.23. The third-order valence-corrected chi connectivity index (χ3v) is 5.54. The summed E-state index contributed by atoms with van der Waals surface area (Å²) in [6.07, 6.45) is 3.86. The summed E-state index contributed by atoms with van der Waals surface area (Å²) in [6.45, 7) is 1.08. The zero-order valence-corrected chi connectivity index (χ0v) is 12.8. The predicted octanol–water partition coefficient (Wildman–Crippen LogP) is 2.00. The van der Waals surface area contributed by atoms with Gasteiger partial charge in [-0.1, -0.05) is 12.1 Å². The monoisotopic (exact) mass is 315 g/mol. The Hall–Kier alpha value is -1.92. The summed E-state index contributed by atoms with van der Waals surface area (Å²) in [4.78, 5) is 17.4. The van der Waals surface area contributed by atoms with Crippen molar-refractivity contribution in [3.05, 3.63) is 35.5 Å². The van der Waals surface area contributed by atoms with E-state index in [2.05, 4.69) is 15.6 Å². The Labute approximate surface area is 132 Å². The number of amides is 1. The smallest absolute Gasteiger partial charge is 0.280 e. The second kappa shape index (κ2) is 5.37. The summed E-state index contributed by atoms with van der Waals surface area (Å²) in [5, 5.41) is 16.9. The molecule has 22 heavy (non-hydrogen) atoms. The molecule has 1 aliphatic heterocycles. The summed E-state index contributed by atoms with van der Waals surface area (Å²) in [5.74, 6) is 0.782. The van der Waals surface area contributed by atoms with Crippen molar-refractivity contribution in [2.75, 3.05) is 6.54 Å². The topological polar surface area (TPSA) is 74.2 Å². The fourth-order valence-electron chi connectivity index (χ4n) is 3.43. The Morgan fingerprint density at radius 3 is 2.95 bits per heavy atom. The lowest BCUT2D eigenvalue weighted by molar-refractivity contribution is 0.0928. The highest BCUT2D eigenvalue weighted by molar-refractivity contribution is 7.17. The fraction of sp³-hybridized carbons (Fsp3) is 0.375. The lowest BCUT2D eigenvalue weighted by atomic mass is 10.1. The first-order valence-electron chi connectivity index (χ1n) is 7.49. The Balaban J connectivity index is 1.49. The predicted molar refractivity (Wildman–Crippen MR) is 85.0 cm³/mol. The number of phenols is 1. The number of rotatable bonds is 3. The van der Waals surface area contributed by atoms with Gasteiger partial charge in [-0.2, -0.15) is 0 Å². The molecule has 3 N–H and O–H groups in total. The minimum Gasteiger partial charge on any atom is -0.507 e. The molecule has 6 heteroatoms. The number of nitrogens with zero attached hydrogens (tertiary/aromatic N) is 1. The van der Waals surface area contributed by atoms with Gasteiger partial charge in [-0.25, -0.2) is 4.98 Å². The number of piperidine rings is 1. The molecule has 1 aromatic carbocycles. The molecule has 0 radical (unpaired) electrons. The van der Waals surface area contributed by atoms with E-state index in [0.29, 0.717) is 22.5 Å². The van der Waals surface area contributed by atoms with E-state index < -0.39 is 0 Å². The number of phenolic OH excluding ortho intramolecular Hbond substituents is 1. The molecule has 1 saturated carbocycles. The van der Waals surface area contributed by atoms with Gasteiger partial charge in [0.05, 0.1) is 4.88 Å². The van der Waals surface area contributed by atoms with Gasteiger partial charge in [0.1, 0.15) is 5.75 Å². The summed E-state index contributed by atoms with van der Waals surface area (Å²) in [5.41, 5.74) is 0.709. The largest absolute Gasteiger partial charge is 0.507 e. The molecule has 114 valence electrons. The van der Waals surface area contributed by atoms with Crippen molar-refractivity contribution >= 4 is 17.2 Å². The van der Waals surface area contributed by atoms with E-state index in [-0.39, 0.29) is 17.7 Å². The first-order chi connectivity index (χ1) is 10.7. The maximum absolute atomic E-state index is 12.4. The molecular weight excluding hydrogens is 298 g/mol. The number of carbonyl (C=O) groups is 1. The van der Waals surface area contributed by atoms with Gasteiger partial charge in [-0.15, -0.1) is 11.3 Å². The molecule has 2 heterocycles. The number of nitrogens with one attached hydrogen (secondary N) is 2. The summed E-state index contributed by atoms with van der Waals surface area (Å²) >= 11 is 1.31. The van der Waals surface area contributed by atoms with Gasteiger partial charge in [0, 0.05) is 23.8 Å². The van der Waals surface area contributed by atoms with Crippen LogP contribution in [0.5, 0.6) is 5.75 Å². The van der Waals surface area contributed by atoms with Crippen LogP contribution in [-0.4, -0.2) is 34.6 Å². The van der Waals surface area contributed by atoms with E-state index in [4.69, 9.17) is 0 Å². The van der Waals surface area contributed by atoms with E-state index in [1.165, 1.54) is 11.3 Å². The molecule has 3 atom stereocenters. The van der Waals surface area contributed by atoms with Crippen LogP contribution < -0.4 is 10.6 Å². The lowest BCUT2D eigenvalue weighted by Crippen LogP contribution is -2.47. The number of aromatic hydroxyl groups is 1. The van der Waals surface area contributed by atoms with E-state index in [1.807, 2.05) is 12.1 Å². The molecular formula is C16H17N3O2S. The van der Waals surface area contributed by atoms with Crippen LogP contribution in [0, 0.1) is 5.92 Å². The highest BCUT2D eigenvalue weighted by Gasteiger charge is 2.40. The third kappa shape index (κ3) is 2.38. The van der Waals surface area contributed by atoms with Crippen molar-refractivity contribution in [1.82, 2.24) is 15.6 Å². The van der Waals surface area contributed by atoms with Gasteiger partial charge in [0.2, 0.25) is 0 Å². The van der Waals surface area contributed by atoms with Crippen molar-refractivity contribution in [2.24, 2.45) is 5.92 Å². The number of para-hydroxylation sites is 1. The molecule has 4 rings (SSSR count). The Kier molecular flexibility index (Phi) is 3.35. The summed E-state index contributed by atoms with van der Waals surface area (Å²) < 4.78 is 0. The molecule has 1 saturated heterocycles. The second-order valence-corrected chi connectivity index (χ2v) is 7.01. The summed E-state index contributed by atoms with van der Waals surface area (Å²) in [6, 6.07) is 7.71. The van der Waals surface area contributed by atoms with Gasteiger partial charge < -0.3 is 15.7 Å². The minimum absolute atomic E-state index is 0.119. The van der Waals surface area contributed by atoms with Crippen LogP contribution in [0.1, 0.15) is 22.6 Å². The zero-order chi connectivity index (χ0) is 15.1. The van der Waals surface area contributed by atoms with Crippen LogP contribution in [0.3, 0.4) is 0 Å². The van der Waals surface area contributed by atoms with E-state index in [9.17, 15) is 9.90 Å². The molecule has 1 amide bonds. The van der Waals surface area contributed by atoms with E-state index in [0.717, 1.165) is 24.3 Å². The van der Waals surface area contributed by atoms with Gasteiger partial charge in [0.15, 0.2) is 5.01 Å². The molecule has 2 aliphatic rings. The van der Waals surface area contributed by atoms with E-state index >= 15 is 0 Å². The minimum atomic E-state index is -0.119. The average molecular weight is 315 g/mol. The van der Waals surface area contributed by atoms with Crippen molar-refractivity contribution in [2.45, 2.75) is 24.9 Å². The van der Waals surface area contributed by atoms with Crippen molar-refractivity contribution in [3.8, 4) is 16.2 Å². The quantitative estimate of drug-likeness (QED) is 0.810. The number of aromatic nitrogens is 1. The molecule has 1 aliphatic carbocycles. The molecule has 2 aromatic rings. The van der Waals surface area contributed by atoms with Crippen LogP contribution in [0.2, 0.25) is 0 Å². The first kappa shape index (κ1) is 13.7. The van der Waals surface area contributed by atoms with Gasteiger partial charge in [-0.05, 0) is 37.4 Å². The van der Waals surface area contributed by atoms with Crippen LogP contribution in [-0.2, 0) is 0 Å². The molecule has 2 bridgehead atoms. The zero-order valence-electron chi connectivity index (χ0n) is 12.0. The Morgan fingerprint density at radius 2 is 2.23 bits per heavy atom. The molecule has 2 fully saturated rings. The Morgan fingerprint density at radius 1 is 1.36 bits per heavy atom. The van der Waals surface area contributed by atoms with Crippen LogP contribution in [0.15, 0.2) is 30.5 Å². The fourth-order valence-corrected chi connectivity index (χ4v) is 4.28. The van der Waals surface area contributed by atoms with Crippen LogP contribution >= 0.6 is 11.3 Å². The van der Waals surface area contributed by atoms with Crippen molar-refractivity contribution < 1.29 is 9.90 Å².